The molecule has 0 saturated heterocycles. The molecule has 0 spiro atoms. The van der Waals surface area contributed by atoms with E-state index in [9.17, 15) is 14.4 Å². The summed E-state index contributed by atoms with van der Waals surface area (Å²) in [5.41, 5.74) is 5.58. The molecule has 8 nitrogen and oxygen atoms in total. The lowest BCUT2D eigenvalue weighted by Crippen LogP contribution is -2.39. The number of ether oxygens (including phenoxy) is 2. The summed E-state index contributed by atoms with van der Waals surface area (Å²) < 4.78 is 11.0. The molecule has 0 bridgehead atoms. The number of nitrogens with zero attached hydrogens (tertiary/aromatic N) is 2. The number of benzene rings is 2. The molecule has 0 unspecified atom stereocenters. The summed E-state index contributed by atoms with van der Waals surface area (Å²) in [4.78, 5) is 41.4. The lowest BCUT2D eigenvalue weighted by atomic mass is 9.95. The second-order valence-electron chi connectivity index (χ2n) is 12.5. The molecule has 2 heterocycles. The fourth-order valence-electron chi connectivity index (χ4n) is 4.85. The van der Waals surface area contributed by atoms with Crippen LogP contribution in [-0.2, 0) is 22.4 Å². The molecule has 2 aromatic rings. The van der Waals surface area contributed by atoms with Crippen LogP contribution in [0.1, 0.15) is 80.6 Å². The first kappa shape index (κ1) is 29.2. The van der Waals surface area contributed by atoms with E-state index in [2.05, 4.69) is 11.4 Å². The Hall–Kier alpha value is -3.81. The average Bonchev–Trinajstić information content (AvgIpc) is 2.86. The van der Waals surface area contributed by atoms with Crippen molar-refractivity contribution in [3.63, 3.8) is 0 Å². The van der Waals surface area contributed by atoms with E-state index < -0.39 is 11.2 Å². The molecule has 1 N–H and O–H groups in total. The monoisotopic (exact) mass is 547 g/mol. The maximum atomic E-state index is 13.1. The van der Waals surface area contributed by atoms with Gasteiger partial charge in [0.05, 0.1) is 0 Å². The molecule has 40 heavy (non-hydrogen) atoms. The minimum atomic E-state index is -0.530. The number of aryl methyl sites for hydroxylation is 1. The lowest BCUT2D eigenvalue weighted by molar-refractivity contribution is 0.0222. The van der Waals surface area contributed by atoms with E-state index >= 15 is 0 Å². The van der Waals surface area contributed by atoms with Crippen LogP contribution in [0.5, 0.6) is 0 Å². The van der Waals surface area contributed by atoms with Crippen LogP contribution in [0, 0.1) is 6.92 Å². The number of rotatable bonds is 3. The van der Waals surface area contributed by atoms with Gasteiger partial charge in [0.2, 0.25) is 0 Å². The van der Waals surface area contributed by atoms with Gasteiger partial charge in [-0.1, -0.05) is 24.3 Å². The standard InChI is InChI=1S/C32H41N3O5/c1-21-18-23(22-12-15-34(16-13-22)29(37)39-31(2,3)4)9-11-27(21)28(36)33-26-10-8-25-20-35(17-14-24(25)19-26)30(38)40-32(5,6)7/h8-12,18-19H,13-17,20H2,1-7H3,(H,33,36). The minimum absolute atomic E-state index is 0.163. The molecule has 0 aromatic heterocycles. The van der Waals surface area contributed by atoms with E-state index in [4.69, 9.17) is 9.47 Å². The minimum Gasteiger partial charge on any atom is -0.444 e. The summed E-state index contributed by atoms with van der Waals surface area (Å²) >= 11 is 0. The van der Waals surface area contributed by atoms with Crippen LogP contribution in [-0.4, -0.2) is 58.7 Å². The molecule has 0 fully saturated rings. The Morgan fingerprint density at radius 3 is 2.05 bits per heavy atom. The number of anilines is 1. The molecule has 3 amide bonds. The van der Waals surface area contributed by atoms with Crippen LogP contribution < -0.4 is 5.32 Å². The Balaban J connectivity index is 1.38. The molecule has 8 heteroatoms. The molecule has 214 valence electrons. The molecule has 0 saturated carbocycles. The molecule has 2 aliphatic rings. The van der Waals surface area contributed by atoms with Crippen molar-refractivity contribution >= 4 is 29.4 Å². The van der Waals surface area contributed by atoms with Gasteiger partial charge in [-0.3, -0.25) is 4.79 Å². The fourth-order valence-corrected chi connectivity index (χ4v) is 4.85. The number of amides is 3. The Bertz CT molecular complexity index is 1330. The number of nitrogens with one attached hydrogen (secondary N) is 1. The highest BCUT2D eigenvalue weighted by Crippen LogP contribution is 2.27. The van der Waals surface area contributed by atoms with Gasteiger partial charge in [0.1, 0.15) is 11.2 Å². The van der Waals surface area contributed by atoms with Crippen LogP contribution in [0.25, 0.3) is 5.57 Å². The molecule has 0 aliphatic carbocycles. The van der Waals surface area contributed by atoms with Crippen LogP contribution in [0.15, 0.2) is 42.5 Å². The first-order chi connectivity index (χ1) is 18.7. The molecule has 0 radical (unpaired) electrons. The number of carbonyl (C=O) groups excluding carboxylic acids is 3. The van der Waals surface area contributed by atoms with E-state index in [1.165, 1.54) is 0 Å². The second kappa shape index (κ2) is 11.4. The van der Waals surface area contributed by atoms with E-state index in [-0.39, 0.29) is 18.1 Å². The van der Waals surface area contributed by atoms with Crippen molar-refractivity contribution in [1.82, 2.24) is 9.80 Å². The predicted octanol–water partition coefficient (Wildman–Crippen LogP) is 6.56. The third-order valence-electron chi connectivity index (χ3n) is 6.83. The summed E-state index contributed by atoms with van der Waals surface area (Å²) in [6, 6.07) is 11.7. The van der Waals surface area contributed by atoms with Gasteiger partial charge in [-0.25, -0.2) is 9.59 Å². The normalized spacial score (nSPS) is 15.6. The van der Waals surface area contributed by atoms with Gasteiger partial charge < -0.3 is 24.6 Å². The summed E-state index contributed by atoms with van der Waals surface area (Å²) in [6.45, 7) is 15.3. The van der Waals surface area contributed by atoms with E-state index in [0.29, 0.717) is 38.2 Å². The number of fused-ring (bicyclic) bond motifs is 1. The van der Waals surface area contributed by atoms with Gasteiger partial charge in [-0.2, -0.15) is 0 Å². The Kier molecular flexibility index (Phi) is 8.28. The van der Waals surface area contributed by atoms with Crippen LogP contribution in [0.2, 0.25) is 0 Å². The third-order valence-corrected chi connectivity index (χ3v) is 6.83. The fraction of sp³-hybridized carbons (Fsp3) is 0.469. The van der Waals surface area contributed by atoms with Gasteiger partial charge in [0.15, 0.2) is 0 Å². The van der Waals surface area contributed by atoms with E-state index in [1.54, 1.807) is 9.80 Å². The van der Waals surface area contributed by atoms with Gasteiger partial charge in [-0.05, 0) is 107 Å². The van der Waals surface area contributed by atoms with E-state index in [1.807, 2.05) is 84.9 Å². The zero-order valence-electron chi connectivity index (χ0n) is 24.7. The second-order valence-corrected chi connectivity index (χ2v) is 12.5. The summed E-state index contributed by atoms with van der Waals surface area (Å²) in [5.74, 6) is -0.163. The summed E-state index contributed by atoms with van der Waals surface area (Å²) in [7, 11) is 0. The highest BCUT2D eigenvalue weighted by atomic mass is 16.6. The van der Waals surface area contributed by atoms with Crippen molar-refractivity contribution in [2.24, 2.45) is 0 Å². The highest BCUT2D eigenvalue weighted by Gasteiger charge is 2.27. The lowest BCUT2D eigenvalue weighted by Gasteiger charge is -2.31. The molecule has 4 rings (SSSR count). The SMILES string of the molecule is Cc1cc(C2=CCN(C(=O)OC(C)(C)C)CC2)ccc1C(=O)Nc1ccc2c(c1)CCN(C(=O)OC(C)(C)C)C2. The maximum absolute atomic E-state index is 13.1. The van der Waals surface area contributed by atoms with Gasteiger partial charge in [0, 0.05) is 37.4 Å². The zero-order valence-corrected chi connectivity index (χ0v) is 24.7. The molecular weight excluding hydrogens is 506 g/mol. The van der Waals surface area contributed by atoms with E-state index in [0.717, 1.165) is 39.9 Å². The van der Waals surface area contributed by atoms with Crippen LogP contribution >= 0.6 is 0 Å². The number of hydrogen-bond donors (Lipinski definition) is 1. The van der Waals surface area contributed by atoms with Crippen LogP contribution in [0.3, 0.4) is 0 Å². The van der Waals surface area contributed by atoms with Crippen molar-refractivity contribution < 1.29 is 23.9 Å². The molecular formula is C32H41N3O5. The largest absolute Gasteiger partial charge is 0.444 e. The smallest absolute Gasteiger partial charge is 0.410 e. The van der Waals surface area contributed by atoms with Crippen molar-refractivity contribution in [3.8, 4) is 0 Å². The van der Waals surface area contributed by atoms with Gasteiger partial charge in [-0.15, -0.1) is 0 Å². The van der Waals surface area contributed by atoms with Gasteiger partial charge >= 0.3 is 12.2 Å². The molecule has 2 aliphatic heterocycles. The summed E-state index contributed by atoms with van der Waals surface area (Å²) in [6.07, 6.45) is 2.88. The first-order valence-corrected chi connectivity index (χ1v) is 13.9. The zero-order chi connectivity index (χ0) is 29.2. The molecule has 2 aromatic carbocycles. The van der Waals surface area contributed by atoms with Crippen molar-refractivity contribution in [3.05, 3.63) is 70.3 Å². The quantitative estimate of drug-likeness (QED) is 0.470. The predicted molar refractivity (Wildman–Crippen MR) is 156 cm³/mol. The Labute approximate surface area is 237 Å². The topological polar surface area (TPSA) is 88.2 Å². The van der Waals surface area contributed by atoms with Crippen molar-refractivity contribution in [2.45, 2.75) is 79.1 Å². The van der Waals surface area contributed by atoms with Gasteiger partial charge in [0.25, 0.3) is 5.91 Å². The van der Waals surface area contributed by atoms with Crippen LogP contribution in [0.4, 0.5) is 15.3 Å². The number of carbonyl (C=O) groups is 3. The van der Waals surface area contributed by atoms with Crippen molar-refractivity contribution in [1.29, 1.82) is 0 Å². The van der Waals surface area contributed by atoms with Crippen molar-refractivity contribution in [2.75, 3.05) is 25.0 Å². The Morgan fingerprint density at radius 2 is 1.45 bits per heavy atom. The third kappa shape index (κ3) is 7.43. The number of hydrogen-bond acceptors (Lipinski definition) is 5. The molecule has 0 atom stereocenters. The average molecular weight is 548 g/mol. The highest BCUT2D eigenvalue weighted by molar-refractivity contribution is 6.05. The Morgan fingerprint density at radius 1 is 0.800 bits per heavy atom. The summed E-state index contributed by atoms with van der Waals surface area (Å²) in [5, 5.41) is 3.03. The maximum Gasteiger partial charge on any atom is 0.410 e. The first-order valence-electron chi connectivity index (χ1n) is 13.9.